The van der Waals surface area contributed by atoms with E-state index in [4.69, 9.17) is 10.2 Å². The fraction of sp³-hybridized carbons (Fsp3) is 0.500. The van der Waals surface area contributed by atoms with Crippen molar-refractivity contribution in [3.63, 3.8) is 0 Å². The number of nitrogens with zero attached hydrogens (tertiary/aromatic N) is 2. The molecule has 0 aliphatic rings. The summed E-state index contributed by atoms with van der Waals surface area (Å²) in [5.74, 6) is -1.24. The van der Waals surface area contributed by atoms with Crippen LogP contribution in [0.1, 0.15) is 19.0 Å². The number of thioether (sulfide) groups is 1. The Morgan fingerprint density at radius 1 is 1.53 bits per heavy atom. The molecule has 0 fully saturated rings. The highest BCUT2D eigenvalue weighted by Gasteiger charge is 2.33. The third-order valence-electron chi connectivity index (χ3n) is 2.00. The summed E-state index contributed by atoms with van der Waals surface area (Å²) >= 11 is 0.574. The van der Waals surface area contributed by atoms with Gasteiger partial charge >= 0.3 is 12.1 Å². The van der Waals surface area contributed by atoms with Crippen LogP contribution in [0.2, 0.25) is 0 Å². The number of carboxylic acids is 1. The van der Waals surface area contributed by atoms with Gasteiger partial charge in [-0.15, -0.1) is 0 Å². The minimum Gasteiger partial charge on any atom is -0.480 e. The number of aliphatic hydroxyl groups is 1. The summed E-state index contributed by atoms with van der Waals surface area (Å²) in [6, 6.07) is 0.703. The van der Waals surface area contributed by atoms with E-state index >= 15 is 0 Å². The Bertz CT molecular complexity index is 454. The molecule has 0 spiro atoms. The molecule has 19 heavy (non-hydrogen) atoms. The van der Waals surface area contributed by atoms with Gasteiger partial charge in [0.1, 0.15) is 10.9 Å². The molecule has 2 N–H and O–H groups in total. The first kappa shape index (κ1) is 15.7. The van der Waals surface area contributed by atoms with Crippen molar-refractivity contribution in [2.75, 3.05) is 0 Å². The molecule has 9 heteroatoms. The third-order valence-corrected chi connectivity index (χ3v) is 3.09. The second-order valence-corrected chi connectivity index (χ2v) is 4.92. The molecule has 0 radical (unpaired) electrons. The normalized spacial score (nSPS) is 15.0. The Morgan fingerprint density at radius 2 is 2.16 bits per heavy atom. The SMILES string of the molecule is C[C@@H](O)C[C@H](Sc1nccc(C(F)(F)F)n1)C(=O)O. The summed E-state index contributed by atoms with van der Waals surface area (Å²) in [5.41, 5.74) is -1.13. The third kappa shape index (κ3) is 5.03. The number of carbonyl (C=O) groups is 1. The Hall–Kier alpha value is -1.35. The quantitative estimate of drug-likeness (QED) is 0.637. The molecule has 0 saturated carbocycles. The molecule has 106 valence electrons. The maximum Gasteiger partial charge on any atom is 0.433 e. The van der Waals surface area contributed by atoms with E-state index in [1.807, 2.05) is 0 Å². The zero-order chi connectivity index (χ0) is 14.6. The van der Waals surface area contributed by atoms with Crippen LogP contribution < -0.4 is 0 Å². The lowest BCUT2D eigenvalue weighted by Crippen LogP contribution is -2.22. The lowest BCUT2D eigenvalue weighted by Gasteiger charge is -2.13. The van der Waals surface area contributed by atoms with Crippen LogP contribution in [0.4, 0.5) is 13.2 Å². The van der Waals surface area contributed by atoms with Crippen LogP contribution in [0.5, 0.6) is 0 Å². The van der Waals surface area contributed by atoms with E-state index < -0.39 is 29.2 Å². The molecule has 0 amide bonds. The van der Waals surface area contributed by atoms with Crippen molar-refractivity contribution < 1.29 is 28.2 Å². The summed E-state index contributed by atoms with van der Waals surface area (Å²) in [6.45, 7) is 1.39. The summed E-state index contributed by atoms with van der Waals surface area (Å²) in [6.07, 6.45) is -4.69. The Morgan fingerprint density at radius 3 is 2.63 bits per heavy atom. The van der Waals surface area contributed by atoms with E-state index in [9.17, 15) is 18.0 Å². The molecule has 0 aromatic carbocycles. The van der Waals surface area contributed by atoms with Crippen molar-refractivity contribution in [3.05, 3.63) is 18.0 Å². The first-order chi connectivity index (χ1) is 8.70. The number of rotatable bonds is 5. The molecular formula is C10H11F3N2O3S. The highest BCUT2D eigenvalue weighted by atomic mass is 32.2. The highest BCUT2D eigenvalue weighted by molar-refractivity contribution is 8.00. The Kier molecular flexibility index (Phi) is 5.12. The number of carboxylic acid groups (broad SMARTS) is 1. The predicted octanol–water partition coefficient (Wildman–Crippen LogP) is 1.81. The van der Waals surface area contributed by atoms with E-state index in [0.717, 1.165) is 6.20 Å². The van der Waals surface area contributed by atoms with E-state index in [1.165, 1.54) is 6.92 Å². The van der Waals surface area contributed by atoms with Crippen LogP contribution in [0.15, 0.2) is 17.4 Å². The number of aliphatic hydroxyl groups excluding tert-OH is 1. The van der Waals surface area contributed by atoms with Gasteiger partial charge < -0.3 is 10.2 Å². The number of alkyl halides is 3. The summed E-state index contributed by atoms with van der Waals surface area (Å²) < 4.78 is 37.3. The maximum atomic E-state index is 12.4. The molecule has 0 bridgehead atoms. The van der Waals surface area contributed by atoms with Gasteiger partial charge in [0.15, 0.2) is 5.16 Å². The second-order valence-electron chi connectivity index (χ2n) is 3.75. The van der Waals surface area contributed by atoms with Gasteiger partial charge in [0, 0.05) is 6.20 Å². The van der Waals surface area contributed by atoms with E-state index in [0.29, 0.717) is 17.8 Å². The molecule has 0 aliphatic heterocycles. The summed E-state index contributed by atoms with van der Waals surface area (Å²) in [7, 11) is 0. The van der Waals surface area contributed by atoms with Crippen LogP contribution in [-0.4, -0.2) is 37.5 Å². The van der Waals surface area contributed by atoms with Crippen LogP contribution >= 0.6 is 11.8 Å². The molecule has 2 atom stereocenters. The van der Waals surface area contributed by atoms with E-state index in [-0.39, 0.29) is 11.6 Å². The topological polar surface area (TPSA) is 83.3 Å². The number of hydrogen-bond donors (Lipinski definition) is 2. The standard InChI is InChI=1S/C10H11F3N2O3S/c1-5(16)4-6(8(17)18)19-9-14-3-2-7(15-9)10(11,12)13/h2-3,5-6,16H,4H2,1H3,(H,17,18)/t5-,6+/m1/s1. The lowest BCUT2D eigenvalue weighted by molar-refractivity contribution is -0.141. The largest absolute Gasteiger partial charge is 0.480 e. The Balaban J connectivity index is 2.88. The van der Waals surface area contributed by atoms with Crippen LogP contribution in [0, 0.1) is 0 Å². The first-order valence-electron chi connectivity index (χ1n) is 5.18. The van der Waals surface area contributed by atoms with Gasteiger partial charge in [0.05, 0.1) is 6.10 Å². The van der Waals surface area contributed by atoms with Crippen LogP contribution in [-0.2, 0) is 11.0 Å². The smallest absolute Gasteiger partial charge is 0.433 e. The van der Waals surface area contributed by atoms with Crippen molar-refractivity contribution in [1.82, 2.24) is 9.97 Å². The van der Waals surface area contributed by atoms with Crippen molar-refractivity contribution in [2.45, 2.75) is 36.0 Å². The van der Waals surface area contributed by atoms with Gasteiger partial charge in [-0.1, -0.05) is 11.8 Å². The van der Waals surface area contributed by atoms with Gasteiger partial charge in [0.2, 0.25) is 0 Å². The van der Waals surface area contributed by atoms with E-state index in [2.05, 4.69) is 9.97 Å². The molecule has 0 saturated heterocycles. The summed E-state index contributed by atoms with van der Waals surface area (Å²) in [4.78, 5) is 17.8. The lowest BCUT2D eigenvalue weighted by atomic mass is 10.2. The molecular weight excluding hydrogens is 285 g/mol. The van der Waals surface area contributed by atoms with Crippen LogP contribution in [0.25, 0.3) is 0 Å². The molecule has 1 aromatic heterocycles. The number of aliphatic carboxylic acids is 1. The minimum absolute atomic E-state index is 0.112. The molecule has 5 nitrogen and oxygen atoms in total. The zero-order valence-corrected chi connectivity index (χ0v) is 10.6. The average molecular weight is 296 g/mol. The van der Waals surface area contributed by atoms with Gasteiger partial charge in [-0.05, 0) is 19.4 Å². The van der Waals surface area contributed by atoms with Crippen molar-refractivity contribution in [3.8, 4) is 0 Å². The molecule has 1 aromatic rings. The number of halogens is 3. The first-order valence-corrected chi connectivity index (χ1v) is 6.06. The average Bonchev–Trinajstić information content (AvgIpc) is 2.26. The fourth-order valence-corrected chi connectivity index (χ4v) is 2.19. The van der Waals surface area contributed by atoms with Gasteiger partial charge in [-0.25, -0.2) is 9.97 Å². The maximum absolute atomic E-state index is 12.4. The van der Waals surface area contributed by atoms with Gasteiger partial charge in [-0.2, -0.15) is 13.2 Å². The molecule has 0 aliphatic carbocycles. The van der Waals surface area contributed by atoms with E-state index in [1.54, 1.807) is 0 Å². The van der Waals surface area contributed by atoms with Gasteiger partial charge in [-0.3, -0.25) is 4.79 Å². The fourth-order valence-electron chi connectivity index (χ4n) is 1.19. The second kappa shape index (κ2) is 6.20. The molecule has 1 rings (SSSR count). The number of aromatic nitrogens is 2. The zero-order valence-electron chi connectivity index (χ0n) is 9.76. The predicted molar refractivity (Wildman–Crippen MR) is 60.6 cm³/mol. The minimum atomic E-state index is -4.61. The Labute approximate surface area is 110 Å². The molecule has 0 unspecified atom stereocenters. The van der Waals surface area contributed by atoms with Crippen molar-refractivity contribution in [2.24, 2.45) is 0 Å². The number of hydrogen-bond acceptors (Lipinski definition) is 5. The van der Waals surface area contributed by atoms with Gasteiger partial charge in [0.25, 0.3) is 0 Å². The molecule has 1 heterocycles. The van der Waals surface area contributed by atoms with Crippen molar-refractivity contribution in [1.29, 1.82) is 0 Å². The summed E-state index contributed by atoms with van der Waals surface area (Å²) in [5, 5.41) is 16.6. The highest BCUT2D eigenvalue weighted by Crippen LogP contribution is 2.30. The van der Waals surface area contributed by atoms with Crippen molar-refractivity contribution >= 4 is 17.7 Å². The monoisotopic (exact) mass is 296 g/mol. The van der Waals surface area contributed by atoms with Crippen LogP contribution in [0.3, 0.4) is 0 Å².